The third-order valence-electron chi connectivity index (χ3n) is 17.0. The second kappa shape index (κ2) is 37.0. The van der Waals surface area contributed by atoms with Crippen molar-refractivity contribution in [2.24, 2.45) is 29.4 Å². The van der Waals surface area contributed by atoms with Gasteiger partial charge in [-0.2, -0.15) is 0 Å². The molecule has 10 N–H and O–H groups in total. The Kier molecular flexibility index (Phi) is 31.2. The van der Waals surface area contributed by atoms with E-state index in [4.69, 9.17) is 19.9 Å². The van der Waals surface area contributed by atoms with Gasteiger partial charge in [-0.15, -0.1) is 0 Å². The summed E-state index contributed by atoms with van der Waals surface area (Å²) in [4.78, 5) is 152. The van der Waals surface area contributed by atoms with Crippen molar-refractivity contribution in [3.05, 3.63) is 65.7 Å². The zero-order chi connectivity index (χ0) is 68.8. The number of nitrogens with zero attached hydrogens (tertiary/aromatic N) is 4. The Morgan fingerprint density at radius 1 is 0.772 bits per heavy atom. The molecule has 4 rings (SSSR count). The van der Waals surface area contributed by atoms with Gasteiger partial charge in [-0.3, -0.25) is 53.0 Å². The number of aliphatic hydroxyl groups excluding tert-OH is 2. The molecule has 6 unspecified atom stereocenters. The van der Waals surface area contributed by atoms with E-state index in [2.05, 4.69) is 31.9 Å². The van der Waals surface area contributed by atoms with Crippen molar-refractivity contribution in [1.82, 2.24) is 46.2 Å². The number of imide groups is 1. The molecule has 0 spiro atoms. The predicted molar refractivity (Wildman–Crippen MR) is 350 cm³/mol. The Hall–Kier alpha value is -7.02. The molecule has 2 aromatic rings. The van der Waals surface area contributed by atoms with Gasteiger partial charge in [-0.05, 0) is 79.5 Å². The van der Waals surface area contributed by atoms with Gasteiger partial charge in [0.2, 0.25) is 47.3 Å². The first kappa shape index (κ1) is 77.4. The number of halogens is 1. The lowest BCUT2D eigenvalue weighted by Crippen LogP contribution is -2.60. The SMILES string of the molecule is CC[C@H](C)C([C@@H](CC(=O)N1CCCC1[C@H](OC)[C@H](O)C(=O)N[C@H](C)[C@@H](O)c1ccccc1)OC)N(C)C(=O)C(NC(=O)C(C(C)C)N(C)C(=O)OCc1ccc(NC(=O)[C@H](CCCNC(N)=O)NC(=O)C(NC(=O)CCN2C(=O)CC(I)C2=O)C(C)C)cc1)C(C)C. The molecule has 2 saturated heterocycles. The number of hydrogen-bond donors (Lipinski definition) is 9. The second-order valence-electron chi connectivity index (χ2n) is 24.8. The lowest BCUT2D eigenvalue weighted by Gasteiger charge is -2.41. The van der Waals surface area contributed by atoms with Crippen LogP contribution >= 0.6 is 22.6 Å². The number of amides is 12. The van der Waals surface area contributed by atoms with Crippen LogP contribution in [0.15, 0.2) is 54.6 Å². The van der Waals surface area contributed by atoms with Crippen molar-refractivity contribution in [2.45, 2.75) is 191 Å². The number of anilines is 1. The molecular formula is C64H98IN11O16. The number of likely N-dealkylation sites (tertiary alicyclic amines) is 2. The molecule has 92 heavy (non-hydrogen) atoms. The van der Waals surface area contributed by atoms with Crippen LogP contribution in [-0.4, -0.2) is 208 Å². The maximum atomic E-state index is 14.8. The number of alkyl halides is 1. The van der Waals surface area contributed by atoms with E-state index >= 15 is 0 Å². The number of nitrogens with one attached hydrogen (secondary N) is 6. The lowest BCUT2D eigenvalue weighted by atomic mass is 9.89. The Labute approximate surface area is 553 Å². The molecule has 2 aromatic carbocycles. The Balaban J connectivity index is 1.39. The first-order chi connectivity index (χ1) is 43.4. The van der Waals surface area contributed by atoms with Crippen molar-refractivity contribution in [3.63, 3.8) is 0 Å². The summed E-state index contributed by atoms with van der Waals surface area (Å²) in [7, 11) is 5.82. The summed E-state index contributed by atoms with van der Waals surface area (Å²) >= 11 is 1.87. The lowest BCUT2D eigenvalue weighted by molar-refractivity contribution is -0.150. The van der Waals surface area contributed by atoms with Crippen LogP contribution in [-0.2, 0) is 64.0 Å². The van der Waals surface area contributed by atoms with Gasteiger partial charge < -0.3 is 71.9 Å². The fourth-order valence-corrected chi connectivity index (χ4v) is 12.2. The smallest absolute Gasteiger partial charge is 0.410 e. The summed E-state index contributed by atoms with van der Waals surface area (Å²) < 4.78 is 16.9. The molecule has 512 valence electrons. The number of carbonyl (C=O) groups excluding carboxylic acids is 11. The molecule has 0 bridgehead atoms. The predicted octanol–water partition coefficient (Wildman–Crippen LogP) is 3.27. The number of hydrogen-bond acceptors (Lipinski definition) is 16. The van der Waals surface area contributed by atoms with Gasteiger partial charge in [-0.25, -0.2) is 9.59 Å². The molecule has 2 heterocycles. The minimum Gasteiger partial charge on any atom is -0.445 e. The van der Waals surface area contributed by atoms with E-state index in [9.17, 15) is 63.0 Å². The topological polar surface area (TPSA) is 367 Å². The van der Waals surface area contributed by atoms with Crippen LogP contribution in [0.3, 0.4) is 0 Å². The number of rotatable bonds is 35. The molecule has 0 aliphatic carbocycles. The van der Waals surface area contributed by atoms with E-state index in [1.807, 2.05) is 36.4 Å². The van der Waals surface area contributed by atoms with Gasteiger partial charge in [0.25, 0.3) is 5.91 Å². The molecule has 12 amide bonds. The number of likely N-dealkylation sites (N-methyl/N-ethyl adjacent to an activating group) is 2. The van der Waals surface area contributed by atoms with Crippen LogP contribution < -0.4 is 37.6 Å². The van der Waals surface area contributed by atoms with E-state index in [-0.39, 0.29) is 75.4 Å². The molecular weight excluding hydrogens is 1310 g/mol. The van der Waals surface area contributed by atoms with E-state index in [0.717, 1.165) is 9.80 Å². The van der Waals surface area contributed by atoms with Crippen molar-refractivity contribution in [3.8, 4) is 0 Å². The zero-order valence-electron chi connectivity index (χ0n) is 55.3. The summed E-state index contributed by atoms with van der Waals surface area (Å²) in [5, 5.41) is 38.4. The monoisotopic (exact) mass is 1400 g/mol. The molecule has 0 radical (unpaired) electrons. The van der Waals surface area contributed by atoms with Gasteiger partial charge in [-0.1, -0.05) is 127 Å². The number of aliphatic hydroxyl groups is 2. The first-order valence-electron chi connectivity index (χ1n) is 31.4. The fourth-order valence-electron chi connectivity index (χ4n) is 11.5. The van der Waals surface area contributed by atoms with E-state index in [1.165, 1.54) is 26.2 Å². The van der Waals surface area contributed by atoms with Crippen LogP contribution in [0, 0.1) is 23.7 Å². The van der Waals surface area contributed by atoms with Gasteiger partial charge in [0.15, 0.2) is 6.10 Å². The number of carbonyl (C=O) groups is 11. The van der Waals surface area contributed by atoms with Crippen molar-refractivity contribution >= 4 is 93.6 Å². The molecule has 2 aliphatic heterocycles. The highest BCUT2D eigenvalue weighted by molar-refractivity contribution is 14.1. The van der Waals surface area contributed by atoms with E-state index in [1.54, 1.807) is 115 Å². The van der Waals surface area contributed by atoms with Crippen molar-refractivity contribution < 1.29 is 77.2 Å². The summed E-state index contributed by atoms with van der Waals surface area (Å²) in [6, 6.07) is 7.71. The quantitative estimate of drug-likeness (QED) is 0.0207. The van der Waals surface area contributed by atoms with Crippen LogP contribution in [0.1, 0.15) is 131 Å². The standard InChI is InChI=1S/C64H98IN11O16/c1-14-38(8)53(46(90-12)33-49(79)75-30-19-23-45(75)56(91-13)55(81)60(85)68-39(9)54(80)41-20-16-15-17-21-41)73(10)62(87)51(36(4)5)72-59(84)52(37(6)7)74(11)64(89)92-34-40-24-26-42(27-25-40)69-57(82)44(22-18-29-67-63(66)88)70-58(83)50(35(2)3)71-47(77)28-31-76-48(78)32-43(65)61(76)86/h15-17,20-21,24-27,35-39,43-46,50-56,80-81H,14,18-19,22-23,28-34H2,1-13H3,(H,68,85)(H,69,82)(H,70,83)(H,71,77)(H,72,84)(H3,66,67,88)/t38-,39+,43?,44-,45?,46+,50?,51?,52?,53?,54+,55-,56-/m0/s1. The second-order valence-corrected chi connectivity index (χ2v) is 26.3. The number of primary amides is 1. The molecule has 0 aromatic heterocycles. The maximum Gasteiger partial charge on any atom is 0.410 e. The number of ether oxygens (including phenoxy) is 3. The molecule has 0 saturated carbocycles. The van der Waals surface area contributed by atoms with E-state index < -0.39 is 136 Å². The Morgan fingerprint density at radius 3 is 1.97 bits per heavy atom. The Morgan fingerprint density at radius 2 is 1.41 bits per heavy atom. The normalized spacial score (nSPS) is 18.5. The van der Waals surface area contributed by atoms with Gasteiger partial charge in [0.1, 0.15) is 36.9 Å². The first-order valence-corrected chi connectivity index (χ1v) is 32.7. The summed E-state index contributed by atoms with van der Waals surface area (Å²) in [6.45, 7) is 15.9. The minimum atomic E-state index is -1.69. The van der Waals surface area contributed by atoms with E-state index in [0.29, 0.717) is 42.6 Å². The maximum absolute atomic E-state index is 14.8. The van der Waals surface area contributed by atoms with Crippen molar-refractivity contribution in [2.75, 3.05) is 53.3 Å². The number of methoxy groups -OCH3 is 2. The van der Waals surface area contributed by atoms with Crippen molar-refractivity contribution in [1.29, 1.82) is 0 Å². The summed E-state index contributed by atoms with van der Waals surface area (Å²) in [6.07, 6.45) is -4.06. The molecule has 2 fully saturated rings. The van der Waals surface area contributed by atoms with Gasteiger partial charge in [0.05, 0.1) is 40.7 Å². The summed E-state index contributed by atoms with van der Waals surface area (Å²) in [5.41, 5.74) is 6.62. The Bertz CT molecular complexity index is 2830. The molecule has 27 nitrogen and oxygen atoms in total. The highest BCUT2D eigenvalue weighted by atomic mass is 127. The molecule has 28 heteroatoms. The average molecular weight is 1400 g/mol. The highest BCUT2D eigenvalue weighted by Crippen LogP contribution is 2.30. The number of nitrogens with two attached hydrogens (primary N) is 1. The van der Waals surface area contributed by atoms with Gasteiger partial charge >= 0.3 is 12.1 Å². The van der Waals surface area contributed by atoms with Gasteiger partial charge in [0, 0.05) is 66.5 Å². The zero-order valence-corrected chi connectivity index (χ0v) is 57.4. The minimum absolute atomic E-state index is 0.0448. The number of benzene rings is 2. The number of urea groups is 1. The summed E-state index contributed by atoms with van der Waals surface area (Å²) in [5.74, 6) is -6.42. The van der Waals surface area contributed by atoms with Crippen LogP contribution in [0.5, 0.6) is 0 Å². The third kappa shape index (κ3) is 21.8. The third-order valence-corrected chi connectivity index (χ3v) is 17.9. The van der Waals surface area contributed by atoms with Crippen LogP contribution in [0.4, 0.5) is 15.3 Å². The van der Waals surface area contributed by atoms with Crippen LogP contribution in [0.25, 0.3) is 0 Å². The fraction of sp³-hybridized carbons (Fsp3) is 0.641. The highest BCUT2D eigenvalue weighted by Gasteiger charge is 2.45. The average Bonchev–Trinajstić information content (AvgIpc) is 1.54. The molecule has 2 aliphatic rings. The molecule has 13 atom stereocenters. The largest absolute Gasteiger partial charge is 0.445 e. The van der Waals surface area contributed by atoms with Crippen LogP contribution in [0.2, 0.25) is 0 Å².